The lowest BCUT2D eigenvalue weighted by atomic mass is 9.88. The van der Waals surface area contributed by atoms with Gasteiger partial charge in [0.05, 0.1) is 14.2 Å². The lowest BCUT2D eigenvalue weighted by Crippen LogP contribution is -2.16. The molecule has 0 fully saturated rings. The van der Waals surface area contributed by atoms with E-state index >= 15 is 0 Å². The number of nitrogens with zero attached hydrogens (tertiary/aromatic N) is 1. The van der Waals surface area contributed by atoms with Gasteiger partial charge in [-0.25, -0.2) is 0 Å². The quantitative estimate of drug-likeness (QED) is 0.428. The number of amides is 1. The molecule has 1 heterocycles. The maximum absolute atomic E-state index is 12.1. The number of benzene rings is 3. The highest BCUT2D eigenvalue weighted by Crippen LogP contribution is 2.38. The average molecular weight is 429 g/mol. The number of para-hydroxylation sites is 1. The second kappa shape index (κ2) is 9.18. The van der Waals surface area contributed by atoms with Crippen LogP contribution in [0.15, 0.2) is 72.9 Å². The summed E-state index contributed by atoms with van der Waals surface area (Å²) in [6.07, 6.45) is 2.35. The van der Waals surface area contributed by atoms with Gasteiger partial charge in [-0.2, -0.15) is 0 Å². The van der Waals surface area contributed by atoms with E-state index in [0.29, 0.717) is 11.5 Å². The van der Waals surface area contributed by atoms with Crippen LogP contribution in [0.25, 0.3) is 10.9 Å². The number of carbonyl (C=O) groups is 1. The molecule has 32 heavy (non-hydrogen) atoms. The van der Waals surface area contributed by atoms with Gasteiger partial charge in [0.2, 0.25) is 5.91 Å². The standard InChI is InChI=1S/C27H28N2O3/c1-18-8-10-19(11-9-18)16-29-17-23(21-6-4-5-7-24(21)29)22(15-27(28)30)20-12-13-25(31-2)26(14-20)32-3/h4-14,17,22H,15-16H2,1-3H3,(H2,28,30)/t22-/m0/s1. The first kappa shape index (κ1) is 21.5. The third-order valence-corrected chi connectivity index (χ3v) is 5.88. The van der Waals surface area contributed by atoms with Crippen molar-refractivity contribution in [3.8, 4) is 11.5 Å². The van der Waals surface area contributed by atoms with Gasteiger partial charge in [0.15, 0.2) is 11.5 Å². The fourth-order valence-corrected chi connectivity index (χ4v) is 4.25. The van der Waals surface area contributed by atoms with Crippen molar-refractivity contribution < 1.29 is 14.3 Å². The molecule has 4 aromatic rings. The zero-order valence-corrected chi connectivity index (χ0v) is 18.7. The Morgan fingerprint density at radius 3 is 2.38 bits per heavy atom. The van der Waals surface area contributed by atoms with Crippen molar-refractivity contribution in [2.24, 2.45) is 5.73 Å². The fraction of sp³-hybridized carbons (Fsp3) is 0.222. The van der Waals surface area contributed by atoms with E-state index in [1.54, 1.807) is 14.2 Å². The predicted octanol–water partition coefficient (Wildman–Crippen LogP) is 5.02. The Kier molecular flexibility index (Phi) is 6.17. The molecule has 0 bridgehead atoms. The van der Waals surface area contributed by atoms with Gasteiger partial charge in [0.1, 0.15) is 0 Å². The van der Waals surface area contributed by atoms with E-state index in [1.165, 1.54) is 11.1 Å². The summed E-state index contributed by atoms with van der Waals surface area (Å²) in [6, 6.07) is 22.6. The highest BCUT2D eigenvalue weighted by atomic mass is 16.5. The third kappa shape index (κ3) is 4.33. The van der Waals surface area contributed by atoms with Crippen molar-refractivity contribution in [3.05, 3.63) is 95.2 Å². The number of aromatic nitrogens is 1. The highest BCUT2D eigenvalue weighted by molar-refractivity contribution is 5.86. The summed E-state index contributed by atoms with van der Waals surface area (Å²) < 4.78 is 13.1. The molecule has 0 saturated carbocycles. The number of hydrogen-bond donors (Lipinski definition) is 1. The van der Waals surface area contributed by atoms with Crippen LogP contribution in [0.2, 0.25) is 0 Å². The molecule has 0 saturated heterocycles. The molecular weight excluding hydrogens is 400 g/mol. The second-order valence-corrected chi connectivity index (χ2v) is 8.05. The minimum absolute atomic E-state index is 0.198. The Morgan fingerprint density at radius 1 is 0.969 bits per heavy atom. The van der Waals surface area contributed by atoms with E-state index in [2.05, 4.69) is 54.1 Å². The van der Waals surface area contributed by atoms with Crippen molar-refractivity contribution in [1.29, 1.82) is 0 Å². The van der Waals surface area contributed by atoms with E-state index in [4.69, 9.17) is 15.2 Å². The maximum atomic E-state index is 12.1. The van der Waals surface area contributed by atoms with Crippen LogP contribution in [-0.2, 0) is 11.3 Å². The number of fused-ring (bicyclic) bond motifs is 1. The number of aryl methyl sites for hydroxylation is 1. The SMILES string of the molecule is COc1ccc([C@H](CC(N)=O)c2cn(Cc3ccc(C)cc3)c3ccccc23)cc1OC. The average Bonchev–Trinajstić information content (AvgIpc) is 3.16. The summed E-state index contributed by atoms with van der Waals surface area (Å²) in [5.74, 6) is 0.732. The molecule has 0 unspecified atom stereocenters. The van der Waals surface area contributed by atoms with Crippen LogP contribution in [0.4, 0.5) is 0 Å². The molecule has 0 aliphatic heterocycles. The van der Waals surface area contributed by atoms with Gasteiger partial charge in [-0.05, 0) is 41.8 Å². The van der Waals surface area contributed by atoms with Crippen LogP contribution in [0.5, 0.6) is 11.5 Å². The molecule has 2 N–H and O–H groups in total. The third-order valence-electron chi connectivity index (χ3n) is 5.88. The van der Waals surface area contributed by atoms with Gasteiger partial charge in [-0.3, -0.25) is 4.79 Å². The number of carbonyl (C=O) groups excluding carboxylic acids is 1. The highest BCUT2D eigenvalue weighted by Gasteiger charge is 2.23. The molecule has 3 aromatic carbocycles. The molecule has 5 nitrogen and oxygen atoms in total. The molecule has 4 rings (SSSR count). The molecule has 0 aliphatic carbocycles. The van der Waals surface area contributed by atoms with Crippen LogP contribution in [0, 0.1) is 6.92 Å². The number of ether oxygens (including phenoxy) is 2. The summed E-state index contributed by atoms with van der Waals surface area (Å²) in [7, 11) is 3.22. The lowest BCUT2D eigenvalue weighted by molar-refractivity contribution is -0.118. The molecule has 1 amide bonds. The molecule has 1 aromatic heterocycles. The van der Waals surface area contributed by atoms with Crippen LogP contribution < -0.4 is 15.2 Å². The zero-order valence-electron chi connectivity index (χ0n) is 18.7. The molecule has 0 radical (unpaired) electrons. The Labute approximate surface area is 188 Å². The fourth-order valence-electron chi connectivity index (χ4n) is 4.25. The molecule has 0 spiro atoms. The van der Waals surface area contributed by atoms with Crippen molar-refractivity contribution in [1.82, 2.24) is 4.57 Å². The maximum Gasteiger partial charge on any atom is 0.218 e. The number of nitrogens with two attached hydrogens (primary N) is 1. The van der Waals surface area contributed by atoms with Crippen molar-refractivity contribution in [2.45, 2.75) is 25.8 Å². The first-order chi connectivity index (χ1) is 15.5. The monoisotopic (exact) mass is 428 g/mol. The second-order valence-electron chi connectivity index (χ2n) is 8.05. The number of primary amides is 1. The van der Waals surface area contributed by atoms with Crippen molar-refractivity contribution >= 4 is 16.8 Å². The Morgan fingerprint density at radius 2 is 1.69 bits per heavy atom. The zero-order chi connectivity index (χ0) is 22.7. The van der Waals surface area contributed by atoms with E-state index < -0.39 is 0 Å². The van der Waals surface area contributed by atoms with Crippen molar-refractivity contribution in [3.63, 3.8) is 0 Å². The smallest absolute Gasteiger partial charge is 0.218 e. The molecule has 1 atom stereocenters. The minimum atomic E-state index is -0.347. The van der Waals surface area contributed by atoms with Crippen LogP contribution in [0.1, 0.15) is 34.6 Å². The van der Waals surface area contributed by atoms with Crippen molar-refractivity contribution in [2.75, 3.05) is 14.2 Å². The molecule has 0 aliphatic rings. The number of hydrogen-bond acceptors (Lipinski definition) is 3. The largest absolute Gasteiger partial charge is 0.493 e. The van der Waals surface area contributed by atoms with E-state index in [9.17, 15) is 4.79 Å². The normalized spacial score (nSPS) is 12.0. The number of rotatable bonds is 8. The van der Waals surface area contributed by atoms with Gasteiger partial charge in [-0.15, -0.1) is 0 Å². The summed E-state index contributed by atoms with van der Waals surface area (Å²) in [6.45, 7) is 2.83. The minimum Gasteiger partial charge on any atom is -0.493 e. The van der Waals surface area contributed by atoms with Crippen LogP contribution >= 0.6 is 0 Å². The van der Waals surface area contributed by atoms with Gasteiger partial charge in [0, 0.05) is 36.0 Å². The van der Waals surface area contributed by atoms with Gasteiger partial charge < -0.3 is 19.8 Å². The van der Waals surface area contributed by atoms with Crippen LogP contribution in [-0.4, -0.2) is 24.7 Å². The predicted molar refractivity (Wildman–Crippen MR) is 127 cm³/mol. The molecule has 5 heteroatoms. The van der Waals surface area contributed by atoms with E-state index in [0.717, 1.165) is 28.6 Å². The summed E-state index contributed by atoms with van der Waals surface area (Å²) in [5.41, 5.74) is 11.3. The summed E-state index contributed by atoms with van der Waals surface area (Å²) in [4.78, 5) is 12.1. The lowest BCUT2D eigenvalue weighted by Gasteiger charge is -2.18. The first-order valence-electron chi connectivity index (χ1n) is 10.6. The first-order valence-corrected chi connectivity index (χ1v) is 10.6. The topological polar surface area (TPSA) is 66.5 Å². The van der Waals surface area contributed by atoms with E-state index in [-0.39, 0.29) is 18.2 Å². The Hall–Kier alpha value is -3.73. The number of methoxy groups -OCH3 is 2. The summed E-state index contributed by atoms with van der Waals surface area (Å²) in [5, 5.41) is 1.11. The van der Waals surface area contributed by atoms with Gasteiger partial charge in [-0.1, -0.05) is 54.1 Å². The summed E-state index contributed by atoms with van der Waals surface area (Å²) >= 11 is 0. The molecular formula is C27H28N2O3. The van der Waals surface area contributed by atoms with Crippen LogP contribution in [0.3, 0.4) is 0 Å². The molecule has 164 valence electrons. The Bertz CT molecular complexity index is 1240. The Balaban J connectivity index is 1.83. The van der Waals surface area contributed by atoms with Gasteiger partial charge in [0.25, 0.3) is 0 Å². The van der Waals surface area contributed by atoms with Gasteiger partial charge >= 0.3 is 0 Å². The van der Waals surface area contributed by atoms with E-state index in [1.807, 2.05) is 30.3 Å².